The van der Waals surface area contributed by atoms with Crippen molar-refractivity contribution < 1.29 is 14.3 Å². The van der Waals surface area contributed by atoms with Crippen LogP contribution in [0, 0.1) is 0 Å². The van der Waals surface area contributed by atoms with Gasteiger partial charge < -0.3 is 19.5 Å². The molecule has 3 heterocycles. The van der Waals surface area contributed by atoms with Gasteiger partial charge in [-0.3, -0.25) is 14.6 Å². The fourth-order valence-corrected chi connectivity index (χ4v) is 2.83. The van der Waals surface area contributed by atoms with E-state index in [4.69, 9.17) is 4.74 Å². The second-order valence-electron chi connectivity index (χ2n) is 5.87. The van der Waals surface area contributed by atoms with E-state index in [2.05, 4.69) is 15.3 Å². The van der Waals surface area contributed by atoms with Crippen LogP contribution in [0.2, 0.25) is 0 Å². The number of hydrogen-bond donors (Lipinski definition) is 1. The first-order valence-electron chi connectivity index (χ1n) is 8.16. The molecular weight excluding hydrogens is 322 g/mol. The Morgan fingerprint density at radius 2 is 2.32 bits per heavy atom. The number of nitrogens with zero attached hydrogens (tertiary/aromatic N) is 4. The van der Waals surface area contributed by atoms with Gasteiger partial charge in [-0.05, 0) is 18.6 Å². The van der Waals surface area contributed by atoms with Gasteiger partial charge in [0.1, 0.15) is 12.4 Å². The van der Waals surface area contributed by atoms with E-state index in [9.17, 15) is 9.59 Å². The van der Waals surface area contributed by atoms with Crippen molar-refractivity contribution in [2.75, 3.05) is 13.2 Å². The van der Waals surface area contributed by atoms with Crippen LogP contribution in [0.5, 0.6) is 0 Å². The molecule has 2 atom stereocenters. The van der Waals surface area contributed by atoms with Crippen molar-refractivity contribution in [3.05, 3.63) is 48.3 Å². The van der Waals surface area contributed by atoms with E-state index in [1.807, 2.05) is 30.8 Å². The molecule has 2 aromatic heterocycles. The number of aryl methyl sites for hydroxylation is 1. The topological polar surface area (TPSA) is 89.4 Å². The molecule has 1 saturated heterocycles. The molecule has 0 aliphatic carbocycles. The first-order valence-corrected chi connectivity index (χ1v) is 8.16. The summed E-state index contributed by atoms with van der Waals surface area (Å²) in [7, 11) is 1.89. The minimum absolute atomic E-state index is 0.132. The number of hydrogen-bond acceptors (Lipinski definition) is 5. The third kappa shape index (κ3) is 3.69. The predicted molar refractivity (Wildman–Crippen MR) is 89.2 cm³/mol. The highest BCUT2D eigenvalue weighted by molar-refractivity contribution is 5.86. The van der Waals surface area contributed by atoms with Crippen LogP contribution in [0.3, 0.4) is 0 Å². The van der Waals surface area contributed by atoms with Gasteiger partial charge in [-0.15, -0.1) is 0 Å². The van der Waals surface area contributed by atoms with Crippen LogP contribution in [-0.2, 0) is 27.9 Å². The highest BCUT2D eigenvalue weighted by Gasteiger charge is 2.38. The summed E-state index contributed by atoms with van der Waals surface area (Å²) in [6.45, 7) is 2.67. The molecule has 2 amide bonds. The van der Waals surface area contributed by atoms with E-state index >= 15 is 0 Å². The Hall–Kier alpha value is -2.74. The van der Waals surface area contributed by atoms with Crippen molar-refractivity contribution in [3.63, 3.8) is 0 Å². The van der Waals surface area contributed by atoms with Gasteiger partial charge in [0.2, 0.25) is 5.91 Å². The molecule has 1 aliphatic rings. The smallest absolute Gasteiger partial charge is 0.254 e. The zero-order valence-corrected chi connectivity index (χ0v) is 14.3. The minimum Gasteiger partial charge on any atom is -0.356 e. The second-order valence-corrected chi connectivity index (χ2v) is 5.87. The first kappa shape index (κ1) is 17.1. The summed E-state index contributed by atoms with van der Waals surface area (Å²) in [4.78, 5) is 34.8. The molecule has 25 heavy (non-hydrogen) atoms. The SMILES string of the molecule is CCN(Cc1nccn1C)C(=O)[C@H]1OCC(=O)N[C@@H]1c1cccnc1. The zero-order chi connectivity index (χ0) is 17.8. The van der Waals surface area contributed by atoms with Crippen LogP contribution in [0.25, 0.3) is 0 Å². The van der Waals surface area contributed by atoms with E-state index in [1.165, 1.54) is 0 Å². The number of likely N-dealkylation sites (N-methyl/N-ethyl adjacent to an activating group) is 1. The van der Waals surface area contributed by atoms with Gasteiger partial charge in [-0.2, -0.15) is 0 Å². The molecule has 2 aromatic rings. The van der Waals surface area contributed by atoms with Crippen LogP contribution in [0.4, 0.5) is 0 Å². The number of ether oxygens (including phenoxy) is 1. The number of rotatable bonds is 5. The highest BCUT2D eigenvalue weighted by atomic mass is 16.5. The van der Waals surface area contributed by atoms with Crippen LogP contribution in [0.15, 0.2) is 36.9 Å². The number of amides is 2. The Morgan fingerprint density at radius 1 is 1.48 bits per heavy atom. The molecule has 0 unspecified atom stereocenters. The summed E-state index contributed by atoms with van der Waals surface area (Å²) in [5.74, 6) is 0.359. The van der Waals surface area contributed by atoms with E-state index < -0.39 is 12.1 Å². The molecule has 3 rings (SSSR count). The van der Waals surface area contributed by atoms with Gasteiger partial charge in [-0.25, -0.2) is 4.98 Å². The van der Waals surface area contributed by atoms with E-state index in [-0.39, 0.29) is 18.4 Å². The molecule has 0 bridgehead atoms. The number of nitrogens with one attached hydrogen (secondary N) is 1. The van der Waals surface area contributed by atoms with Crippen molar-refractivity contribution in [2.45, 2.75) is 25.6 Å². The maximum Gasteiger partial charge on any atom is 0.254 e. The van der Waals surface area contributed by atoms with E-state index in [0.29, 0.717) is 13.1 Å². The van der Waals surface area contributed by atoms with Gasteiger partial charge in [-0.1, -0.05) is 6.07 Å². The molecule has 1 N–H and O–H groups in total. The summed E-state index contributed by atoms with van der Waals surface area (Å²) in [6.07, 6.45) is 6.02. The van der Waals surface area contributed by atoms with E-state index in [1.54, 1.807) is 29.6 Å². The van der Waals surface area contributed by atoms with Gasteiger partial charge in [0.15, 0.2) is 6.10 Å². The van der Waals surface area contributed by atoms with Crippen molar-refractivity contribution in [1.82, 2.24) is 24.8 Å². The molecular formula is C17H21N5O3. The fourth-order valence-electron chi connectivity index (χ4n) is 2.83. The summed E-state index contributed by atoms with van der Waals surface area (Å²) >= 11 is 0. The summed E-state index contributed by atoms with van der Waals surface area (Å²) in [5, 5.41) is 2.84. The lowest BCUT2D eigenvalue weighted by atomic mass is 10.0. The van der Waals surface area contributed by atoms with Crippen molar-refractivity contribution >= 4 is 11.8 Å². The third-order valence-electron chi connectivity index (χ3n) is 4.25. The molecule has 0 saturated carbocycles. The van der Waals surface area contributed by atoms with Crippen LogP contribution >= 0.6 is 0 Å². The molecule has 0 radical (unpaired) electrons. The Bertz CT molecular complexity index is 746. The molecule has 1 aliphatic heterocycles. The van der Waals surface area contributed by atoms with E-state index in [0.717, 1.165) is 11.4 Å². The molecule has 8 heteroatoms. The van der Waals surface area contributed by atoms with Crippen LogP contribution < -0.4 is 5.32 Å². The number of pyridine rings is 1. The van der Waals surface area contributed by atoms with Gasteiger partial charge in [0.25, 0.3) is 5.91 Å². The zero-order valence-electron chi connectivity index (χ0n) is 14.3. The van der Waals surface area contributed by atoms with Gasteiger partial charge in [0, 0.05) is 38.4 Å². The number of carbonyl (C=O) groups excluding carboxylic acids is 2. The van der Waals surface area contributed by atoms with Gasteiger partial charge in [0.05, 0.1) is 12.6 Å². The largest absolute Gasteiger partial charge is 0.356 e. The predicted octanol–water partition coefficient (Wildman–Crippen LogP) is 0.420. The lowest BCUT2D eigenvalue weighted by molar-refractivity contribution is -0.155. The third-order valence-corrected chi connectivity index (χ3v) is 4.25. The number of aromatic nitrogens is 3. The Balaban J connectivity index is 1.82. The van der Waals surface area contributed by atoms with Crippen LogP contribution in [0.1, 0.15) is 24.4 Å². The maximum absolute atomic E-state index is 13.0. The quantitative estimate of drug-likeness (QED) is 0.850. The average molecular weight is 343 g/mol. The standard InChI is InChI=1S/C17H21N5O3/c1-3-22(10-13-19-7-8-21(13)2)17(24)16-15(20-14(23)11-25-16)12-5-4-6-18-9-12/h4-9,15-16H,3,10-11H2,1-2H3,(H,20,23)/t15-,16+/m1/s1. The number of morpholine rings is 1. The highest BCUT2D eigenvalue weighted by Crippen LogP contribution is 2.24. The fraction of sp³-hybridized carbons (Fsp3) is 0.412. The Morgan fingerprint density at radius 3 is 2.96 bits per heavy atom. The van der Waals surface area contributed by atoms with Crippen LogP contribution in [-0.4, -0.2) is 50.5 Å². The Labute approximate surface area is 145 Å². The van der Waals surface area contributed by atoms with Crippen molar-refractivity contribution in [3.8, 4) is 0 Å². The van der Waals surface area contributed by atoms with Crippen molar-refractivity contribution in [2.24, 2.45) is 7.05 Å². The average Bonchev–Trinajstić information content (AvgIpc) is 3.04. The lowest BCUT2D eigenvalue weighted by Gasteiger charge is -2.34. The summed E-state index contributed by atoms with van der Waals surface area (Å²) < 4.78 is 7.47. The van der Waals surface area contributed by atoms with Gasteiger partial charge >= 0.3 is 0 Å². The Kier molecular flexibility index (Phi) is 5.08. The number of imidazole rings is 1. The monoisotopic (exact) mass is 343 g/mol. The molecule has 0 aromatic carbocycles. The molecule has 132 valence electrons. The normalized spacial score (nSPS) is 20.2. The molecule has 0 spiro atoms. The molecule has 8 nitrogen and oxygen atoms in total. The first-order chi connectivity index (χ1) is 12.1. The second kappa shape index (κ2) is 7.43. The minimum atomic E-state index is -0.790. The summed E-state index contributed by atoms with van der Waals surface area (Å²) in [6, 6.07) is 3.03. The lowest BCUT2D eigenvalue weighted by Crippen LogP contribution is -2.53. The maximum atomic E-state index is 13.0. The van der Waals surface area contributed by atoms with Crippen molar-refractivity contribution in [1.29, 1.82) is 0 Å². The summed E-state index contributed by atoms with van der Waals surface area (Å²) in [5.41, 5.74) is 0.738. The molecule has 1 fully saturated rings. The number of carbonyl (C=O) groups is 2.